The number of fused-ring (bicyclic) bond motifs is 1. The quantitative estimate of drug-likeness (QED) is 0.755. The van der Waals surface area contributed by atoms with E-state index in [4.69, 9.17) is 0 Å². The van der Waals surface area contributed by atoms with Gasteiger partial charge in [-0.05, 0) is 51.7 Å². The maximum absolute atomic E-state index is 14.6. The summed E-state index contributed by atoms with van der Waals surface area (Å²) in [5.41, 5.74) is 0.857. The van der Waals surface area contributed by atoms with Gasteiger partial charge in [0.05, 0.1) is 12.1 Å². The van der Waals surface area contributed by atoms with E-state index in [2.05, 4.69) is 15.6 Å². The summed E-state index contributed by atoms with van der Waals surface area (Å²) in [6, 6.07) is 2.82. The second-order valence-electron chi connectivity index (χ2n) is 7.51. The number of amides is 2. The molecule has 0 radical (unpaired) electrons. The van der Waals surface area contributed by atoms with E-state index < -0.39 is 24.0 Å². The average Bonchev–Trinajstić information content (AvgIpc) is 2.92. The Balaban J connectivity index is 1.74. The highest BCUT2D eigenvalue weighted by Crippen LogP contribution is 2.25. The fourth-order valence-electron chi connectivity index (χ4n) is 3.45. The Morgan fingerprint density at radius 1 is 1.33 bits per heavy atom. The number of nitrogens with zero attached hydrogens (tertiary/aromatic N) is 2. The summed E-state index contributed by atoms with van der Waals surface area (Å²) in [6.45, 7) is 5.57. The van der Waals surface area contributed by atoms with Crippen LogP contribution in [0.4, 0.5) is 4.39 Å². The van der Waals surface area contributed by atoms with Gasteiger partial charge in [-0.25, -0.2) is 4.98 Å². The van der Waals surface area contributed by atoms with Crippen LogP contribution in [0.5, 0.6) is 0 Å². The summed E-state index contributed by atoms with van der Waals surface area (Å²) in [5.74, 6) is -1.83. The zero-order valence-corrected chi connectivity index (χ0v) is 15.7. The highest BCUT2D eigenvalue weighted by Gasteiger charge is 2.35. The molecule has 3 rings (SSSR count). The lowest BCUT2D eigenvalue weighted by Crippen LogP contribution is -2.50. The molecule has 2 amide bonds. The van der Waals surface area contributed by atoms with E-state index in [-0.39, 0.29) is 23.6 Å². The van der Waals surface area contributed by atoms with Crippen LogP contribution in [0.2, 0.25) is 0 Å². The van der Waals surface area contributed by atoms with Gasteiger partial charge in [-0.1, -0.05) is 6.07 Å². The molecule has 27 heavy (non-hydrogen) atoms. The van der Waals surface area contributed by atoms with Crippen molar-refractivity contribution in [2.75, 3.05) is 0 Å². The van der Waals surface area contributed by atoms with Crippen molar-refractivity contribution in [3.8, 4) is 0 Å². The number of hydrogen-bond donors (Lipinski definition) is 3. The lowest BCUT2D eigenvalue weighted by atomic mass is 9.83. The van der Waals surface area contributed by atoms with E-state index in [1.54, 1.807) is 18.3 Å². The number of rotatable bonds is 4. The van der Waals surface area contributed by atoms with Gasteiger partial charge in [0.1, 0.15) is 5.65 Å². The summed E-state index contributed by atoms with van der Waals surface area (Å²) < 4.78 is 15.8. The van der Waals surface area contributed by atoms with Gasteiger partial charge in [0.2, 0.25) is 11.9 Å². The van der Waals surface area contributed by atoms with Crippen molar-refractivity contribution in [2.45, 2.75) is 58.2 Å². The predicted molar refractivity (Wildman–Crippen MR) is 97.8 cm³/mol. The molecule has 1 aliphatic rings. The van der Waals surface area contributed by atoms with Crippen molar-refractivity contribution < 1.29 is 19.1 Å². The number of carbonyl (C=O) groups is 2. The number of aryl methyl sites for hydroxylation is 1. The second-order valence-corrected chi connectivity index (χ2v) is 7.51. The Bertz CT molecular complexity index is 864. The fraction of sp³-hybridized carbons (Fsp3) is 0.526. The summed E-state index contributed by atoms with van der Waals surface area (Å²) in [6.07, 6.45) is 2.04. The molecule has 0 unspecified atom stereocenters. The standard InChI is InChI=1S/C19H25FN4O3/c1-10(2)21-18(26)12-5-6-14(25)13(8-12)22-19(27)16-17(20)24-9-11(3)4-7-15(24)23-16/h4,7,9-10,12-14,25H,5-6,8H2,1-3H3,(H,21,26)(H,22,27)/t12-,13+,14+/m0/s1. The summed E-state index contributed by atoms with van der Waals surface area (Å²) in [4.78, 5) is 28.8. The number of aliphatic hydroxyl groups is 1. The van der Waals surface area contributed by atoms with Gasteiger partial charge in [-0.15, -0.1) is 0 Å². The van der Waals surface area contributed by atoms with Crippen LogP contribution in [-0.2, 0) is 4.79 Å². The summed E-state index contributed by atoms with van der Waals surface area (Å²) in [5, 5.41) is 15.7. The third-order valence-electron chi connectivity index (χ3n) is 4.86. The predicted octanol–water partition coefficient (Wildman–Crippen LogP) is 1.57. The zero-order valence-electron chi connectivity index (χ0n) is 15.7. The number of aromatic nitrogens is 2. The Labute approximate surface area is 157 Å². The molecule has 146 valence electrons. The molecule has 1 aliphatic carbocycles. The molecular formula is C19H25FN4O3. The van der Waals surface area contributed by atoms with E-state index in [1.807, 2.05) is 20.8 Å². The van der Waals surface area contributed by atoms with E-state index in [9.17, 15) is 19.1 Å². The normalized spacial score (nSPS) is 22.8. The minimum Gasteiger partial charge on any atom is -0.391 e. The van der Waals surface area contributed by atoms with Gasteiger partial charge in [0.15, 0.2) is 5.69 Å². The molecule has 0 aliphatic heterocycles. The smallest absolute Gasteiger partial charge is 0.274 e. The number of hydrogen-bond acceptors (Lipinski definition) is 4. The van der Waals surface area contributed by atoms with Crippen molar-refractivity contribution in [3.63, 3.8) is 0 Å². The topological polar surface area (TPSA) is 95.7 Å². The molecule has 3 N–H and O–H groups in total. The number of pyridine rings is 1. The molecule has 3 atom stereocenters. The summed E-state index contributed by atoms with van der Waals surface area (Å²) >= 11 is 0. The fourth-order valence-corrected chi connectivity index (χ4v) is 3.45. The maximum Gasteiger partial charge on any atom is 0.274 e. The van der Waals surface area contributed by atoms with Crippen LogP contribution in [-0.4, -0.2) is 44.5 Å². The SMILES string of the molecule is Cc1ccc2nc(C(=O)N[C@@H]3C[C@@H](C(=O)NC(C)C)CC[C@H]3O)c(F)n2c1. The van der Waals surface area contributed by atoms with Gasteiger partial charge in [0, 0.05) is 18.2 Å². The largest absolute Gasteiger partial charge is 0.391 e. The number of aliphatic hydroxyl groups excluding tert-OH is 1. The van der Waals surface area contributed by atoms with Crippen molar-refractivity contribution in [1.82, 2.24) is 20.0 Å². The number of imidazole rings is 1. The zero-order chi connectivity index (χ0) is 19.7. The van der Waals surface area contributed by atoms with E-state index >= 15 is 0 Å². The molecule has 0 saturated heterocycles. The molecule has 2 aromatic heterocycles. The van der Waals surface area contributed by atoms with Crippen LogP contribution >= 0.6 is 0 Å². The monoisotopic (exact) mass is 376 g/mol. The Hall–Kier alpha value is -2.48. The van der Waals surface area contributed by atoms with Crippen LogP contribution in [0.3, 0.4) is 0 Å². The highest BCUT2D eigenvalue weighted by atomic mass is 19.1. The van der Waals surface area contributed by atoms with Gasteiger partial charge in [-0.3, -0.25) is 14.0 Å². The summed E-state index contributed by atoms with van der Waals surface area (Å²) in [7, 11) is 0. The van der Waals surface area contributed by atoms with Crippen molar-refractivity contribution >= 4 is 17.5 Å². The first-order valence-electron chi connectivity index (χ1n) is 9.19. The lowest BCUT2D eigenvalue weighted by Gasteiger charge is -2.33. The van der Waals surface area contributed by atoms with Gasteiger partial charge < -0.3 is 15.7 Å². The molecule has 7 nitrogen and oxygen atoms in total. The average molecular weight is 376 g/mol. The van der Waals surface area contributed by atoms with E-state index in [0.29, 0.717) is 24.9 Å². The van der Waals surface area contributed by atoms with E-state index in [0.717, 1.165) is 5.56 Å². The number of nitrogens with one attached hydrogen (secondary N) is 2. The molecule has 1 fully saturated rings. The molecule has 1 saturated carbocycles. The van der Waals surface area contributed by atoms with Crippen molar-refractivity contribution in [1.29, 1.82) is 0 Å². The Kier molecular flexibility index (Phi) is 5.46. The molecule has 0 aromatic carbocycles. The van der Waals surface area contributed by atoms with Crippen LogP contribution in [0, 0.1) is 18.8 Å². The van der Waals surface area contributed by atoms with Crippen LogP contribution in [0.15, 0.2) is 18.3 Å². The van der Waals surface area contributed by atoms with Gasteiger partial charge in [0.25, 0.3) is 5.91 Å². The van der Waals surface area contributed by atoms with Gasteiger partial charge >= 0.3 is 0 Å². The number of halogens is 1. The first-order chi connectivity index (χ1) is 12.8. The minimum atomic E-state index is -0.778. The molecule has 8 heteroatoms. The van der Waals surface area contributed by atoms with Crippen molar-refractivity contribution in [2.24, 2.45) is 5.92 Å². The van der Waals surface area contributed by atoms with Crippen LogP contribution < -0.4 is 10.6 Å². The minimum absolute atomic E-state index is 0.0212. The maximum atomic E-state index is 14.6. The van der Waals surface area contributed by atoms with E-state index in [1.165, 1.54) is 4.40 Å². The Morgan fingerprint density at radius 2 is 2.07 bits per heavy atom. The third kappa shape index (κ3) is 4.10. The van der Waals surface area contributed by atoms with Gasteiger partial charge in [-0.2, -0.15) is 4.39 Å². The highest BCUT2D eigenvalue weighted by molar-refractivity contribution is 5.93. The first kappa shape index (κ1) is 19.3. The molecule has 2 aromatic rings. The van der Waals surface area contributed by atoms with Crippen molar-refractivity contribution in [3.05, 3.63) is 35.5 Å². The lowest BCUT2D eigenvalue weighted by molar-refractivity contribution is -0.127. The molecular weight excluding hydrogens is 351 g/mol. The van der Waals surface area contributed by atoms with Crippen LogP contribution in [0.1, 0.15) is 49.2 Å². The second kappa shape index (κ2) is 7.64. The molecule has 2 heterocycles. The molecule has 0 bridgehead atoms. The van der Waals surface area contributed by atoms with Crippen LogP contribution in [0.25, 0.3) is 5.65 Å². The Morgan fingerprint density at radius 3 is 2.78 bits per heavy atom. The molecule has 0 spiro atoms. The first-order valence-corrected chi connectivity index (χ1v) is 9.19. The number of carbonyl (C=O) groups excluding carboxylic acids is 2. The third-order valence-corrected chi connectivity index (χ3v) is 4.86.